The van der Waals surface area contributed by atoms with Crippen molar-refractivity contribution in [2.75, 3.05) is 5.75 Å². The molecule has 2 rings (SSSR count). The molecule has 1 fully saturated rings. The lowest BCUT2D eigenvalue weighted by Crippen LogP contribution is -2.42. The van der Waals surface area contributed by atoms with E-state index in [0.717, 1.165) is 11.8 Å². The number of phenols is 1. The number of likely N-dealkylation sites (tertiary alicyclic amines) is 1. The fourth-order valence-corrected chi connectivity index (χ4v) is 3.95. The number of carboxylic acids is 1. The van der Waals surface area contributed by atoms with Crippen molar-refractivity contribution >= 4 is 28.8 Å². The van der Waals surface area contributed by atoms with E-state index >= 15 is 0 Å². The van der Waals surface area contributed by atoms with Gasteiger partial charge in [0.25, 0.3) is 0 Å². The Hall–Kier alpha value is -2.02. The molecule has 2 N–H and O–H groups in total. The van der Waals surface area contributed by atoms with E-state index in [1.54, 1.807) is 18.2 Å². The smallest absolute Gasteiger partial charge is 0.326 e. The molecule has 0 radical (unpaired) electrons. The number of aromatic hydroxyl groups is 1. The first kappa shape index (κ1) is 20.3. The predicted octanol–water partition coefficient (Wildman–Crippen LogP) is 3.20. The maximum Gasteiger partial charge on any atom is 0.326 e. The second-order valence-corrected chi connectivity index (χ2v) is 8.51. The van der Waals surface area contributed by atoms with Crippen LogP contribution < -0.4 is 0 Å². The summed E-state index contributed by atoms with van der Waals surface area (Å²) in [6.07, 6.45) is 0.906. The molecule has 1 heterocycles. The summed E-state index contributed by atoms with van der Waals surface area (Å²) in [6, 6.07) is 5.31. The third-order valence-electron chi connectivity index (χ3n) is 4.42. The molecule has 0 spiro atoms. The van der Waals surface area contributed by atoms with Crippen LogP contribution in [0.4, 0.5) is 0 Å². The summed E-state index contributed by atoms with van der Waals surface area (Å²) in [5.41, 5.74) is 0.0755. The summed E-state index contributed by atoms with van der Waals surface area (Å²) in [6.45, 7) is 5.46. The number of nitrogens with zero attached hydrogens (tertiary/aromatic N) is 1. The average molecular weight is 379 g/mol. The molecule has 0 bridgehead atoms. The minimum atomic E-state index is -1.05. The van der Waals surface area contributed by atoms with E-state index in [1.807, 2.05) is 20.8 Å². The molecular formula is C19H25NO5S. The molecule has 1 aromatic rings. The number of thioether (sulfide) groups is 1. The van der Waals surface area contributed by atoms with Gasteiger partial charge < -0.3 is 15.1 Å². The van der Waals surface area contributed by atoms with Gasteiger partial charge in [-0.05, 0) is 18.9 Å². The Morgan fingerprint density at radius 1 is 1.19 bits per heavy atom. The van der Waals surface area contributed by atoms with Crippen LogP contribution in [0.1, 0.15) is 51.6 Å². The van der Waals surface area contributed by atoms with Crippen LogP contribution in [0.5, 0.6) is 5.75 Å². The summed E-state index contributed by atoms with van der Waals surface area (Å²) in [5, 5.41) is 19.6. The van der Waals surface area contributed by atoms with Crippen molar-refractivity contribution in [1.29, 1.82) is 0 Å². The number of para-hydroxylation sites is 1. The molecule has 0 aromatic heterocycles. The topological polar surface area (TPSA) is 94.9 Å². The minimum absolute atomic E-state index is 0.00115. The van der Waals surface area contributed by atoms with Gasteiger partial charge in [-0.2, -0.15) is 0 Å². The molecule has 7 heteroatoms. The van der Waals surface area contributed by atoms with Crippen LogP contribution in [-0.4, -0.2) is 43.9 Å². The van der Waals surface area contributed by atoms with Crippen molar-refractivity contribution in [1.82, 2.24) is 4.90 Å². The molecule has 1 amide bonds. The summed E-state index contributed by atoms with van der Waals surface area (Å²) >= 11 is 1.10. The lowest BCUT2D eigenvalue weighted by Gasteiger charge is -2.29. The molecule has 26 heavy (non-hydrogen) atoms. The van der Waals surface area contributed by atoms with Crippen LogP contribution in [0.25, 0.3) is 0 Å². The van der Waals surface area contributed by atoms with Crippen LogP contribution in [-0.2, 0) is 14.4 Å². The summed E-state index contributed by atoms with van der Waals surface area (Å²) in [5.74, 6) is -0.990. The molecule has 1 aliphatic rings. The largest absolute Gasteiger partial charge is 0.508 e. The summed E-state index contributed by atoms with van der Waals surface area (Å²) in [7, 11) is 0. The number of aliphatic carboxylic acids is 1. The fourth-order valence-electron chi connectivity index (χ4n) is 3.05. The number of phenolic OH excluding ortho intramolecular Hbond substituents is 1. The number of benzene rings is 1. The molecule has 1 saturated heterocycles. The van der Waals surface area contributed by atoms with Crippen molar-refractivity contribution in [3.63, 3.8) is 0 Å². The number of carbonyl (C=O) groups is 3. The van der Waals surface area contributed by atoms with Crippen LogP contribution in [0.15, 0.2) is 24.3 Å². The van der Waals surface area contributed by atoms with Gasteiger partial charge in [0.2, 0.25) is 5.91 Å². The zero-order valence-electron chi connectivity index (χ0n) is 15.3. The number of hydrogen-bond acceptors (Lipinski definition) is 5. The number of rotatable bonds is 5. The van der Waals surface area contributed by atoms with Gasteiger partial charge in [-0.3, -0.25) is 9.59 Å². The van der Waals surface area contributed by atoms with Crippen molar-refractivity contribution in [2.24, 2.45) is 5.41 Å². The van der Waals surface area contributed by atoms with Crippen LogP contribution in [0.2, 0.25) is 0 Å². The molecule has 142 valence electrons. The van der Waals surface area contributed by atoms with E-state index in [9.17, 15) is 24.6 Å². The molecular weight excluding hydrogens is 354 g/mol. The van der Waals surface area contributed by atoms with Gasteiger partial charge in [0, 0.05) is 23.2 Å². The lowest BCUT2D eigenvalue weighted by atomic mass is 10.00. The lowest BCUT2D eigenvalue weighted by molar-refractivity contribution is -0.149. The Bertz CT molecular complexity index is 697. The van der Waals surface area contributed by atoms with E-state index in [1.165, 1.54) is 11.0 Å². The molecule has 0 aliphatic carbocycles. The number of hydrogen-bond donors (Lipinski definition) is 2. The third-order valence-corrected chi connectivity index (χ3v) is 5.70. The highest BCUT2D eigenvalue weighted by Crippen LogP contribution is 2.40. The summed E-state index contributed by atoms with van der Waals surface area (Å²) in [4.78, 5) is 37.7. The average Bonchev–Trinajstić information content (AvgIpc) is 2.99. The van der Waals surface area contributed by atoms with Gasteiger partial charge in [0.1, 0.15) is 11.8 Å². The van der Waals surface area contributed by atoms with Crippen molar-refractivity contribution in [3.8, 4) is 5.75 Å². The maximum atomic E-state index is 12.7. The molecule has 1 aliphatic heterocycles. The highest BCUT2D eigenvalue weighted by molar-refractivity contribution is 8.13. The quantitative estimate of drug-likeness (QED) is 0.816. The van der Waals surface area contributed by atoms with Gasteiger partial charge >= 0.3 is 5.97 Å². The molecule has 2 atom stereocenters. The molecule has 2 unspecified atom stereocenters. The molecule has 0 saturated carbocycles. The van der Waals surface area contributed by atoms with Gasteiger partial charge in [0.05, 0.1) is 6.04 Å². The van der Waals surface area contributed by atoms with Crippen molar-refractivity contribution in [2.45, 2.75) is 52.1 Å². The Morgan fingerprint density at radius 2 is 1.85 bits per heavy atom. The van der Waals surface area contributed by atoms with Gasteiger partial charge in [-0.25, -0.2) is 4.79 Å². The SMILES string of the molecule is CC(C)(C)C(=O)SCCC(=O)N1C(C(=O)O)CCC1c1ccccc1O. The Balaban J connectivity index is 2.13. The minimum Gasteiger partial charge on any atom is -0.508 e. The van der Waals surface area contributed by atoms with E-state index < -0.39 is 23.5 Å². The van der Waals surface area contributed by atoms with E-state index in [0.29, 0.717) is 24.2 Å². The zero-order chi connectivity index (χ0) is 19.5. The second-order valence-electron chi connectivity index (χ2n) is 7.44. The van der Waals surface area contributed by atoms with E-state index in [4.69, 9.17) is 0 Å². The van der Waals surface area contributed by atoms with Gasteiger partial charge in [-0.1, -0.05) is 50.7 Å². The standard InChI is InChI=1S/C19H25NO5S/c1-19(2,3)18(25)26-11-10-16(22)20-13(8-9-14(20)17(23)24)12-6-4-5-7-15(12)21/h4-7,13-14,21H,8-11H2,1-3H3,(H,23,24). The van der Waals surface area contributed by atoms with E-state index in [-0.39, 0.29) is 23.2 Å². The second kappa shape index (κ2) is 8.12. The first-order chi connectivity index (χ1) is 12.1. The first-order valence-corrected chi connectivity index (χ1v) is 9.60. The van der Waals surface area contributed by atoms with Gasteiger partial charge in [0.15, 0.2) is 5.12 Å². The fraction of sp³-hybridized carbons (Fsp3) is 0.526. The monoisotopic (exact) mass is 379 g/mol. The first-order valence-electron chi connectivity index (χ1n) is 8.62. The number of amides is 1. The normalized spacial score (nSPS) is 20.2. The van der Waals surface area contributed by atoms with Crippen molar-refractivity contribution < 1.29 is 24.6 Å². The highest BCUT2D eigenvalue weighted by Gasteiger charge is 2.42. The third kappa shape index (κ3) is 4.58. The Kier molecular flexibility index (Phi) is 6.34. The summed E-state index contributed by atoms with van der Waals surface area (Å²) < 4.78 is 0. The van der Waals surface area contributed by atoms with E-state index in [2.05, 4.69) is 0 Å². The van der Waals surface area contributed by atoms with Crippen molar-refractivity contribution in [3.05, 3.63) is 29.8 Å². The highest BCUT2D eigenvalue weighted by atomic mass is 32.2. The maximum absolute atomic E-state index is 12.7. The molecule has 6 nitrogen and oxygen atoms in total. The Morgan fingerprint density at radius 3 is 2.42 bits per heavy atom. The zero-order valence-corrected chi connectivity index (χ0v) is 16.1. The van der Waals surface area contributed by atoms with Gasteiger partial charge in [-0.15, -0.1) is 0 Å². The van der Waals surface area contributed by atoms with Crippen LogP contribution in [0.3, 0.4) is 0 Å². The number of carboxylic acid groups (broad SMARTS) is 1. The van der Waals surface area contributed by atoms with Crippen LogP contribution >= 0.6 is 11.8 Å². The Labute approximate surface area is 157 Å². The molecule has 1 aromatic carbocycles. The number of carbonyl (C=O) groups excluding carboxylic acids is 2. The van der Waals surface area contributed by atoms with Crippen LogP contribution in [0, 0.1) is 5.41 Å². The predicted molar refractivity (Wildman–Crippen MR) is 99.9 cm³/mol.